The highest BCUT2D eigenvalue weighted by molar-refractivity contribution is 6.04. The summed E-state index contributed by atoms with van der Waals surface area (Å²) in [6.45, 7) is 4.03. The van der Waals surface area contributed by atoms with Gasteiger partial charge in [-0.1, -0.05) is 30.3 Å². The fourth-order valence-electron chi connectivity index (χ4n) is 3.71. The molecule has 156 valence electrons. The number of nitrogens with zero attached hydrogens (tertiary/aromatic N) is 5. The van der Waals surface area contributed by atoms with E-state index in [-0.39, 0.29) is 18.3 Å². The summed E-state index contributed by atoms with van der Waals surface area (Å²) >= 11 is 0. The lowest BCUT2D eigenvalue weighted by molar-refractivity contribution is -0.120. The number of nitrogens with one attached hydrogen (secondary N) is 1. The number of benzene rings is 1. The molecular weight excluding hydrogens is 399 g/mol. The standard InChI is InChI=1S/C22H19FN6O2/c1-3-22(2)14-11-24-20(25-19(14)26-21(22)30)17-10-18(16-8-9-31-28-16)29(27-17)12-13-6-4-5-7-15(13)23/h4-11H,3,12H2,1-2H3,(H,24,25,26,30). The molecule has 3 aromatic heterocycles. The molecule has 5 rings (SSSR count). The predicted octanol–water partition coefficient (Wildman–Crippen LogP) is 3.80. The molecule has 8 nitrogen and oxygen atoms in total. The Labute approximate surface area is 177 Å². The molecule has 1 atom stereocenters. The number of halogens is 1. The van der Waals surface area contributed by atoms with Gasteiger partial charge in [-0.25, -0.2) is 14.4 Å². The van der Waals surface area contributed by atoms with E-state index in [4.69, 9.17) is 4.52 Å². The van der Waals surface area contributed by atoms with Gasteiger partial charge in [-0.15, -0.1) is 0 Å². The van der Waals surface area contributed by atoms with Crippen molar-refractivity contribution in [3.05, 3.63) is 65.8 Å². The molecule has 0 bridgehead atoms. The molecule has 4 heterocycles. The average molecular weight is 418 g/mol. The summed E-state index contributed by atoms with van der Waals surface area (Å²) in [4.78, 5) is 21.4. The van der Waals surface area contributed by atoms with Crippen LogP contribution in [0.5, 0.6) is 0 Å². The summed E-state index contributed by atoms with van der Waals surface area (Å²) < 4.78 is 20.8. The van der Waals surface area contributed by atoms with E-state index < -0.39 is 5.41 Å². The Morgan fingerprint density at radius 1 is 1.23 bits per heavy atom. The zero-order valence-electron chi connectivity index (χ0n) is 17.0. The smallest absolute Gasteiger partial charge is 0.236 e. The highest BCUT2D eigenvalue weighted by Gasteiger charge is 2.42. The van der Waals surface area contributed by atoms with Crippen LogP contribution < -0.4 is 5.32 Å². The minimum Gasteiger partial charge on any atom is -0.364 e. The van der Waals surface area contributed by atoms with Gasteiger partial charge in [0, 0.05) is 23.4 Å². The third-order valence-corrected chi connectivity index (χ3v) is 5.81. The second-order valence-corrected chi connectivity index (χ2v) is 7.64. The second-order valence-electron chi connectivity index (χ2n) is 7.64. The molecule has 1 aliphatic rings. The summed E-state index contributed by atoms with van der Waals surface area (Å²) in [7, 11) is 0. The van der Waals surface area contributed by atoms with Crippen molar-refractivity contribution in [2.75, 3.05) is 5.32 Å². The fraction of sp³-hybridized carbons (Fsp3) is 0.227. The van der Waals surface area contributed by atoms with Gasteiger partial charge in [-0.05, 0) is 25.5 Å². The first-order valence-electron chi connectivity index (χ1n) is 9.91. The summed E-state index contributed by atoms with van der Waals surface area (Å²) in [5.74, 6) is 0.438. The van der Waals surface area contributed by atoms with Crippen LogP contribution >= 0.6 is 0 Å². The van der Waals surface area contributed by atoms with Crippen LogP contribution in [0.2, 0.25) is 0 Å². The van der Waals surface area contributed by atoms with Gasteiger partial charge in [-0.3, -0.25) is 9.48 Å². The van der Waals surface area contributed by atoms with E-state index in [1.165, 1.54) is 12.3 Å². The van der Waals surface area contributed by atoms with Gasteiger partial charge in [0.2, 0.25) is 5.91 Å². The van der Waals surface area contributed by atoms with Crippen LogP contribution in [0.25, 0.3) is 22.9 Å². The minimum atomic E-state index is -0.649. The largest absolute Gasteiger partial charge is 0.364 e. The van der Waals surface area contributed by atoms with E-state index in [9.17, 15) is 9.18 Å². The van der Waals surface area contributed by atoms with Crippen LogP contribution in [0.1, 0.15) is 31.4 Å². The number of aromatic nitrogens is 5. The van der Waals surface area contributed by atoms with E-state index in [1.54, 1.807) is 41.2 Å². The number of anilines is 1. The number of hydrogen-bond donors (Lipinski definition) is 1. The maximum Gasteiger partial charge on any atom is 0.236 e. The quantitative estimate of drug-likeness (QED) is 0.529. The molecule has 0 saturated carbocycles. The van der Waals surface area contributed by atoms with Crippen LogP contribution in [0, 0.1) is 5.82 Å². The Morgan fingerprint density at radius 2 is 2.06 bits per heavy atom. The molecule has 0 aliphatic carbocycles. The van der Waals surface area contributed by atoms with E-state index >= 15 is 0 Å². The lowest BCUT2D eigenvalue weighted by atomic mass is 9.83. The molecule has 0 fully saturated rings. The molecule has 1 N–H and O–H groups in total. The number of amides is 1. The Kier molecular flexibility index (Phi) is 4.39. The van der Waals surface area contributed by atoms with Crippen LogP contribution in [-0.2, 0) is 16.8 Å². The summed E-state index contributed by atoms with van der Waals surface area (Å²) in [5, 5.41) is 11.4. The lowest BCUT2D eigenvalue weighted by Crippen LogP contribution is -2.29. The van der Waals surface area contributed by atoms with E-state index in [0.29, 0.717) is 40.7 Å². The molecule has 1 amide bonds. The van der Waals surface area contributed by atoms with Gasteiger partial charge in [0.15, 0.2) is 5.82 Å². The number of rotatable bonds is 5. The van der Waals surface area contributed by atoms with Crippen molar-refractivity contribution in [1.82, 2.24) is 24.9 Å². The van der Waals surface area contributed by atoms with Crippen molar-refractivity contribution in [1.29, 1.82) is 0 Å². The maximum atomic E-state index is 14.2. The SMILES string of the molecule is CCC1(C)C(=O)Nc2nc(-c3cc(-c4ccon4)n(Cc4ccccc4F)n3)ncc21. The molecular formula is C22H19FN6O2. The Balaban J connectivity index is 1.58. The summed E-state index contributed by atoms with van der Waals surface area (Å²) in [6, 6.07) is 10.0. The third-order valence-electron chi connectivity index (χ3n) is 5.81. The van der Waals surface area contributed by atoms with Crippen molar-refractivity contribution < 1.29 is 13.7 Å². The first-order chi connectivity index (χ1) is 15.0. The molecule has 31 heavy (non-hydrogen) atoms. The Bertz CT molecular complexity index is 1280. The van der Waals surface area contributed by atoms with Gasteiger partial charge in [0.05, 0.1) is 17.7 Å². The monoisotopic (exact) mass is 418 g/mol. The normalized spacial score (nSPS) is 17.6. The van der Waals surface area contributed by atoms with E-state index in [0.717, 1.165) is 5.56 Å². The van der Waals surface area contributed by atoms with Crippen molar-refractivity contribution in [2.24, 2.45) is 0 Å². The molecule has 1 aliphatic heterocycles. The van der Waals surface area contributed by atoms with Crippen molar-refractivity contribution >= 4 is 11.7 Å². The maximum absolute atomic E-state index is 14.2. The molecule has 0 spiro atoms. The van der Waals surface area contributed by atoms with Crippen molar-refractivity contribution in [3.63, 3.8) is 0 Å². The number of carbonyl (C=O) groups is 1. The highest BCUT2D eigenvalue weighted by Crippen LogP contribution is 2.39. The van der Waals surface area contributed by atoms with Gasteiger partial charge in [0.25, 0.3) is 0 Å². The molecule has 1 unspecified atom stereocenters. The molecule has 0 saturated heterocycles. The molecule has 4 aromatic rings. The molecule has 1 aromatic carbocycles. The number of hydrogen-bond acceptors (Lipinski definition) is 6. The van der Waals surface area contributed by atoms with Gasteiger partial charge in [-0.2, -0.15) is 5.10 Å². The van der Waals surface area contributed by atoms with Crippen molar-refractivity contribution in [3.8, 4) is 22.9 Å². The fourth-order valence-corrected chi connectivity index (χ4v) is 3.71. The number of carbonyl (C=O) groups excluding carboxylic acids is 1. The lowest BCUT2D eigenvalue weighted by Gasteiger charge is -2.18. The van der Waals surface area contributed by atoms with Crippen LogP contribution in [-0.4, -0.2) is 30.8 Å². The topological polar surface area (TPSA) is 98.7 Å². The van der Waals surface area contributed by atoms with Gasteiger partial charge >= 0.3 is 0 Å². The van der Waals surface area contributed by atoms with Gasteiger partial charge in [0.1, 0.15) is 29.3 Å². The first kappa shape index (κ1) is 19.1. The molecule has 0 radical (unpaired) electrons. The van der Waals surface area contributed by atoms with E-state index in [2.05, 4.69) is 25.5 Å². The number of fused-ring (bicyclic) bond motifs is 1. The van der Waals surface area contributed by atoms with Gasteiger partial charge < -0.3 is 9.84 Å². The summed E-state index contributed by atoms with van der Waals surface area (Å²) in [5.41, 5.74) is 2.29. The second kappa shape index (κ2) is 7.12. The zero-order valence-corrected chi connectivity index (χ0v) is 17.0. The van der Waals surface area contributed by atoms with E-state index in [1.807, 2.05) is 13.8 Å². The average Bonchev–Trinajstić information content (AvgIpc) is 3.49. The zero-order chi connectivity index (χ0) is 21.6. The van der Waals surface area contributed by atoms with Crippen molar-refractivity contribution in [2.45, 2.75) is 32.2 Å². The summed E-state index contributed by atoms with van der Waals surface area (Å²) in [6.07, 6.45) is 3.77. The van der Waals surface area contributed by atoms with Crippen LogP contribution in [0.3, 0.4) is 0 Å². The first-order valence-corrected chi connectivity index (χ1v) is 9.91. The van der Waals surface area contributed by atoms with Crippen LogP contribution in [0.15, 0.2) is 53.4 Å². The molecule has 9 heteroatoms. The predicted molar refractivity (Wildman–Crippen MR) is 111 cm³/mol. The third kappa shape index (κ3) is 3.09. The highest BCUT2D eigenvalue weighted by atomic mass is 19.1. The Morgan fingerprint density at radius 3 is 2.81 bits per heavy atom. The van der Waals surface area contributed by atoms with Crippen LogP contribution in [0.4, 0.5) is 10.2 Å². The minimum absolute atomic E-state index is 0.0928. The Hall–Kier alpha value is -3.88.